The standard InChI is InChI=1S/C12H10BrF2NO2/c1-2-18-12(17)9-4-7(6-16)3-8(11(14)15)10(9)5-13/h3-4,11H,2,5H2,1H3. The second kappa shape index (κ2) is 6.45. The molecule has 0 spiro atoms. The molecule has 0 atom stereocenters. The van der Waals surface area contributed by atoms with E-state index in [0.29, 0.717) is 0 Å². The summed E-state index contributed by atoms with van der Waals surface area (Å²) < 4.78 is 30.5. The van der Waals surface area contributed by atoms with Crippen LogP contribution in [0, 0.1) is 11.3 Å². The monoisotopic (exact) mass is 317 g/mol. The van der Waals surface area contributed by atoms with Crippen molar-refractivity contribution in [1.29, 1.82) is 5.26 Å². The van der Waals surface area contributed by atoms with Gasteiger partial charge in [-0.1, -0.05) is 15.9 Å². The molecule has 1 aromatic rings. The van der Waals surface area contributed by atoms with Crippen LogP contribution in [0.5, 0.6) is 0 Å². The average molecular weight is 318 g/mol. The first-order chi connectivity index (χ1) is 8.54. The van der Waals surface area contributed by atoms with E-state index < -0.39 is 12.4 Å². The molecule has 0 fully saturated rings. The van der Waals surface area contributed by atoms with Crippen molar-refractivity contribution in [2.24, 2.45) is 0 Å². The number of ether oxygens (including phenoxy) is 1. The largest absolute Gasteiger partial charge is 0.462 e. The minimum absolute atomic E-state index is 0.00285. The summed E-state index contributed by atoms with van der Waals surface area (Å²) in [6, 6.07) is 4.11. The van der Waals surface area contributed by atoms with E-state index in [1.54, 1.807) is 13.0 Å². The van der Waals surface area contributed by atoms with Crippen LogP contribution in [0.4, 0.5) is 8.78 Å². The summed E-state index contributed by atoms with van der Waals surface area (Å²) in [7, 11) is 0. The van der Waals surface area contributed by atoms with Crippen molar-refractivity contribution >= 4 is 21.9 Å². The Morgan fingerprint density at radius 3 is 2.67 bits per heavy atom. The van der Waals surface area contributed by atoms with E-state index in [1.807, 2.05) is 0 Å². The number of carbonyl (C=O) groups excluding carboxylic acids is 1. The number of esters is 1. The van der Waals surface area contributed by atoms with Crippen LogP contribution in [0.15, 0.2) is 12.1 Å². The summed E-state index contributed by atoms with van der Waals surface area (Å²) in [5.41, 5.74) is -0.155. The van der Waals surface area contributed by atoms with Crippen molar-refractivity contribution in [1.82, 2.24) is 0 Å². The van der Waals surface area contributed by atoms with Crippen LogP contribution in [-0.4, -0.2) is 12.6 Å². The highest BCUT2D eigenvalue weighted by atomic mass is 79.9. The molecule has 0 amide bonds. The second-order valence-corrected chi connectivity index (χ2v) is 3.92. The molecule has 0 bridgehead atoms. The molecule has 0 radical (unpaired) electrons. The van der Waals surface area contributed by atoms with Crippen LogP contribution in [0.3, 0.4) is 0 Å². The third kappa shape index (κ3) is 3.05. The molecule has 0 saturated heterocycles. The molecule has 0 N–H and O–H groups in total. The van der Waals surface area contributed by atoms with E-state index in [0.717, 1.165) is 6.07 Å². The summed E-state index contributed by atoms with van der Waals surface area (Å²) in [5, 5.41) is 8.87. The zero-order valence-electron chi connectivity index (χ0n) is 9.54. The van der Waals surface area contributed by atoms with Gasteiger partial charge in [0.1, 0.15) is 0 Å². The number of benzene rings is 1. The predicted octanol–water partition coefficient (Wildman–Crippen LogP) is 3.57. The fourth-order valence-electron chi connectivity index (χ4n) is 1.49. The SMILES string of the molecule is CCOC(=O)c1cc(C#N)cc(C(F)F)c1CBr. The normalized spacial score (nSPS) is 10.2. The molecule has 0 aliphatic rings. The minimum Gasteiger partial charge on any atom is -0.462 e. The number of carbonyl (C=O) groups is 1. The molecule has 96 valence electrons. The highest BCUT2D eigenvalue weighted by Crippen LogP contribution is 2.29. The van der Waals surface area contributed by atoms with Gasteiger partial charge in [0.25, 0.3) is 6.43 Å². The summed E-state index contributed by atoms with van der Waals surface area (Å²) in [5.74, 6) is -0.703. The fraction of sp³-hybridized carbons (Fsp3) is 0.333. The number of nitrogens with zero attached hydrogens (tertiary/aromatic N) is 1. The van der Waals surface area contributed by atoms with E-state index in [-0.39, 0.29) is 34.2 Å². The van der Waals surface area contributed by atoms with Crippen LogP contribution < -0.4 is 0 Å². The van der Waals surface area contributed by atoms with Crippen LogP contribution >= 0.6 is 15.9 Å². The molecule has 6 heteroatoms. The Kier molecular flexibility index (Phi) is 5.23. The van der Waals surface area contributed by atoms with Gasteiger partial charge in [0.15, 0.2) is 0 Å². The van der Waals surface area contributed by atoms with Gasteiger partial charge in [-0.2, -0.15) is 5.26 Å². The second-order valence-electron chi connectivity index (χ2n) is 3.36. The summed E-state index contributed by atoms with van der Waals surface area (Å²) in [4.78, 5) is 11.7. The maximum Gasteiger partial charge on any atom is 0.338 e. The quantitative estimate of drug-likeness (QED) is 0.630. The number of halogens is 3. The number of hydrogen-bond acceptors (Lipinski definition) is 3. The Balaban J connectivity index is 3.43. The highest BCUT2D eigenvalue weighted by molar-refractivity contribution is 9.08. The number of nitriles is 1. The van der Waals surface area contributed by atoms with Gasteiger partial charge in [0.2, 0.25) is 0 Å². The Labute approximate surface area is 111 Å². The van der Waals surface area contributed by atoms with Crippen molar-refractivity contribution in [3.05, 3.63) is 34.4 Å². The Morgan fingerprint density at radius 1 is 1.56 bits per heavy atom. The summed E-state index contributed by atoms with van der Waals surface area (Å²) >= 11 is 3.07. The van der Waals surface area contributed by atoms with Crippen molar-refractivity contribution in [2.45, 2.75) is 18.7 Å². The van der Waals surface area contributed by atoms with Crippen molar-refractivity contribution in [2.75, 3.05) is 6.61 Å². The van der Waals surface area contributed by atoms with Crippen LogP contribution in [-0.2, 0) is 10.1 Å². The predicted molar refractivity (Wildman–Crippen MR) is 64.7 cm³/mol. The molecule has 0 heterocycles. The van der Waals surface area contributed by atoms with Gasteiger partial charge < -0.3 is 4.74 Å². The zero-order chi connectivity index (χ0) is 13.7. The molecule has 1 rings (SSSR count). The van der Waals surface area contributed by atoms with Crippen LogP contribution in [0.2, 0.25) is 0 Å². The molecule has 0 unspecified atom stereocenters. The Morgan fingerprint density at radius 2 is 2.22 bits per heavy atom. The third-order valence-electron chi connectivity index (χ3n) is 2.28. The lowest BCUT2D eigenvalue weighted by molar-refractivity contribution is 0.0525. The van der Waals surface area contributed by atoms with Gasteiger partial charge in [0.05, 0.1) is 23.8 Å². The first kappa shape index (κ1) is 14.6. The first-order valence-corrected chi connectivity index (χ1v) is 6.25. The molecule has 18 heavy (non-hydrogen) atoms. The van der Waals surface area contributed by atoms with Gasteiger partial charge in [-0.05, 0) is 24.6 Å². The number of alkyl halides is 3. The van der Waals surface area contributed by atoms with E-state index in [1.165, 1.54) is 6.07 Å². The molecule has 3 nitrogen and oxygen atoms in total. The first-order valence-electron chi connectivity index (χ1n) is 5.13. The van der Waals surface area contributed by atoms with E-state index in [2.05, 4.69) is 15.9 Å². The van der Waals surface area contributed by atoms with Gasteiger partial charge in [-0.15, -0.1) is 0 Å². The average Bonchev–Trinajstić information content (AvgIpc) is 2.37. The third-order valence-corrected chi connectivity index (χ3v) is 2.84. The number of hydrogen-bond donors (Lipinski definition) is 0. The molecular weight excluding hydrogens is 308 g/mol. The summed E-state index contributed by atoms with van der Waals surface area (Å²) in [6.45, 7) is 1.76. The van der Waals surface area contributed by atoms with Gasteiger partial charge in [-0.3, -0.25) is 0 Å². The zero-order valence-corrected chi connectivity index (χ0v) is 11.1. The topological polar surface area (TPSA) is 50.1 Å². The van der Waals surface area contributed by atoms with Gasteiger partial charge in [-0.25, -0.2) is 13.6 Å². The van der Waals surface area contributed by atoms with Crippen molar-refractivity contribution < 1.29 is 18.3 Å². The van der Waals surface area contributed by atoms with Crippen LogP contribution in [0.25, 0.3) is 0 Å². The maximum atomic E-state index is 12.9. The molecule has 0 aliphatic carbocycles. The lowest BCUT2D eigenvalue weighted by Gasteiger charge is -2.12. The van der Waals surface area contributed by atoms with E-state index in [9.17, 15) is 13.6 Å². The molecule has 0 aromatic heterocycles. The minimum atomic E-state index is -2.75. The fourth-order valence-corrected chi connectivity index (χ4v) is 2.12. The maximum absolute atomic E-state index is 12.9. The van der Waals surface area contributed by atoms with Gasteiger partial charge in [0, 0.05) is 10.9 Å². The molecule has 0 aliphatic heterocycles. The molecular formula is C12H10BrF2NO2. The summed E-state index contributed by atoms with van der Waals surface area (Å²) in [6.07, 6.45) is -2.75. The smallest absolute Gasteiger partial charge is 0.338 e. The lowest BCUT2D eigenvalue weighted by Crippen LogP contribution is -2.10. The van der Waals surface area contributed by atoms with Crippen molar-refractivity contribution in [3.8, 4) is 6.07 Å². The molecule has 0 saturated carbocycles. The van der Waals surface area contributed by atoms with E-state index >= 15 is 0 Å². The van der Waals surface area contributed by atoms with Crippen molar-refractivity contribution in [3.63, 3.8) is 0 Å². The lowest BCUT2D eigenvalue weighted by atomic mass is 9.99. The highest BCUT2D eigenvalue weighted by Gasteiger charge is 2.21. The van der Waals surface area contributed by atoms with E-state index in [4.69, 9.17) is 10.00 Å². The van der Waals surface area contributed by atoms with Crippen LogP contribution in [0.1, 0.15) is 40.4 Å². The number of rotatable bonds is 4. The Hall–Kier alpha value is -1.48. The molecule has 1 aromatic carbocycles. The van der Waals surface area contributed by atoms with Gasteiger partial charge >= 0.3 is 5.97 Å². The Bertz CT molecular complexity index is 498.